The number of nitrogens with one attached hydrogen (secondary N) is 1. The van der Waals surface area contributed by atoms with Crippen LogP contribution in [0.2, 0.25) is 0 Å². The first-order valence-corrected chi connectivity index (χ1v) is 14.7. The summed E-state index contributed by atoms with van der Waals surface area (Å²) >= 11 is 2.85. The first-order valence-electron chi connectivity index (χ1n) is 12.9. The molecule has 0 aliphatic heterocycles. The predicted molar refractivity (Wildman–Crippen MR) is 151 cm³/mol. The second-order valence-corrected chi connectivity index (χ2v) is 12.5. The van der Waals surface area contributed by atoms with Crippen LogP contribution in [0.15, 0.2) is 29.4 Å². The topological polar surface area (TPSA) is 86.1 Å². The van der Waals surface area contributed by atoms with Crippen molar-refractivity contribution in [2.24, 2.45) is 5.92 Å². The molecule has 0 radical (unpaired) electrons. The lowest BCUT2D eigenvalue weighted by atomic mass is 9.87. The fraction of sp³-hybridized carbons (Fsp3) is 0.500. The van der Waals surface area contributed by atoms with Gasteiger partial charge in [0.05, 0.1) is 17.9 Å². The van der Waals surface area contributed by atoms with Gasteiger partial charge >= 0.3 is 5.97 Å². The van der Waals surface area contributed by atoms with Crippen molar-refractivity contribution in [3.8, 4) is 11.4 Å². The number of amides is 1. The number of nitrogens with zero attached hydrogens (tertiary/aromatic N) is 3. The number of hydrogen-bond acceptors (Lipinski definition) is 7. The molecule has 198 valence electrons. The van der Waals surface area contributed by atoms with Crippen LogP contribution < -0.4 is 5.32 Å². The van der Waals surface area contributed by atoms with Gasteiger partial charge in [-0.1, -0.05) is 63.7 Å². The van der Waals surface area contributed by atoms with Crippen LogP contribution in [0.1, 0.15) is 74.3 Å². The lowest BCUT2D eigenvalue weighted by Gasteiger charge is -2.19. The van der Waals surface area contributed by atoms with E-state index in [2.05, 4.69) is 67.5 Å². The van der Waals surface area contributed by atoms with Crippen molar-refractivity contribution in [3.05, 3.63) is 45.8 Å². The van der Waals surface area contributed by atoms with Crippen LogP contribution in [-0.2, 0) is 34.3 Å². The molecule has 3 aromatic rings. The predicted octanol–water partition coefficient (Wildman–Crippen LogP) is 6.36. The Bertz CT molecular complexity index is 1270. The molecule has 1 aliphatic rings. The minimum Gasteiger partial charge on any atom is -0.462 e. The molecule has 2 aromatic heterocycles. The third-order valence-corrected chi connectivity index (χ3v) is 8.76. The SMILES string of the molecule is CCOC(=O)c1c(NC(=O)CSc2nnc(-c3ccc(C(C)(C)C)cc3)n2CC)sc2c1CCC(C)C2. The van der Waals surface area contributed by atoms with E-state index in [1.807, 2.05) is 11.5 Å². The molecule has 0 saturated heterocycles. The minimum atomic E-state index is -0.356. The number of fused-ring (bicyclic) bond motifs is 1. The average molecular weight is 541 g/mol. The van der Waals surface area contributed by atoms with E-state index < -0.39 is 0 Å². The Kier molecular flexibility index (Phi) is 8.43. The highest BCUT2D eigenvalue weighted by atomic mass is 32.2. The van der Waals surface area contributed by atoms with Gasteiger partial charge in [0.15, 0.2) is 11.0 Å². The van der Waals surface area contributed by atoms with Crippen molar-refractivity contribution in [3.63, 3.8) is 0 Å². The van der Waals surface area contributed by atoms with Gasteiger partial charge in [-0.05, 0) is 55.6 Å². The van der Waals surface area contributed by atoms with E-state index in [4.69, 9.17) is 4.74 Å². The summed E-state index contributed by atoms with van der Waals surface area (Å²) in [5, 5.41) is 13.1. The Labute approximate surface area is 227 Å². The fourth-order valence-corrected chi connectivity index (χ4v) is 6.78. The van der Waals surface area contributed by atoms with Crippen molar-refractivity contribution in [2.75, 3.05) is 17.7 Å². The fourth-order valence-electron chi connectivity index (χ4n) is 4.56. The molecule has 0 spiro atoms. The van der Waals surface area contributed by atoms with Gasteiger partial charge in [-0.25, -0.2) is 4.79 Å². The first kappa shape index (κ1) is 27.4. The van der Waals surface area contributed by atoms with Gasteiger partial charge in [0, 0.05) is 17.0 Å². The molecule has 1 atom stereocenters. The van der Waals surface area contributed by atoms with Crippen molar-refractivity contribution < 1.29 is 14.3 Å². The van der Waals surface area contributed by atoms with Crippen LogP contribution in [0.3, 0.4) is 0 Å². The molecule has 1 unspecified atom stereocenters. The number of rotatable bonds is 8. The molecule has 1 amide bonds. The molecule has 0 saturated carbocycles. The van der Waals surface area contributed by atoms with Crippen LogP contribution >= 0.6 is 23.1 Å². The minimum absolute atomic E-state index is 0.0819. The monoisotopic (exact) mass is 540 g/mol. The summed E-state index contributed by atoms with van der Waals surface area (Å²) in [7, 11) is 0. The van der Waals surface area contributed by atoms with Gasteiger partial charge in [-0.15, -0.1) is 21.5 Å². The van der Waals surface area contributed by atoms with Crippen molar-refractivity contribution >= 4 is 40.0 Å². The second-order valence-electron chi connectivity index (χ2n) is 10.5. The summed E-state index contributed by atoms with van der Waals surface area (Å²) in [6.07, 6.45) is 2.80. The summed E-state index contributed by atoms with van der Waals surface area (Å²) < 4.78 is 7.35. The molecule has 37 heavy (non-hydrogen) atoms. The zero-order valence-corrected chi connectivity index (χ0v) is 24.1. The number of thiophene rings is 1. The number of ether oxygens (including phenoxy) is 1. The highest BCUT2D eigenvalue weighted by Gasteiger charge is 2.29. The molecule has 2 heterocycles. The van der Waals surface area contributed by atoms with Crippen molar-refractivity contribution in [2.45, 2.75) is 77.9 Å². The van der Waals surface area contributed by atoms with E-state index in [9.17, 15) is 9.59 Å². The Hall–Kier alpha value is -2.65. The van der Waals surface area contributed by atoms with Gasteiger partial charge in [0.25, 0.3) is 0 Å². The number of carbonyl (C=O) groups excluding carboxylic acids is 2. The normalized spacial score (nSPS) is 15.4. The zero-order chi connectivity index (χ0) is 26.7. The first-order chi connectivity index (χ1) is 17.6. The van der Waals surface area contributed by atoms with E-state index in [0.29, 0.717) is 34.8 Å². The van der Waals surface area contributed by atoms with Gasteiger partial charge < -0.3 is 14.6 Å². The van der Waals surface area contributed by atoms with E-state index >= 15 is 0 Å². The van der Waals surface area contributed by atoms with Gasteiger partial charge in [-0.2, -0.15) is 0 Å². The van der Waals surface area contributed by atoms with Gasteiger partial charge in [-0.3, -0.25) is 4.79 Å². The van der Waals surface area contributed by atoms with Crippen LogP contribution in [0, 0.1) is 5.92 Å². The summed E-state index contributed by atoms with van der Waals surface area (Å²) in [5.74, 6) is 0.992. The molecular formula is C28H36N4O3S2. The quantitative estimate of drug-likeness (QED) is 0.264. The zero-order valence-electron chi connectivity index (χ0n) is 22.5. The molecule has 1 aliphatic carbocycles. The molecule has 7 nitrogen and oxygen atoms in total. The summed E-state index contributed by atoms with van der Waals surface area (Å²) in [4.78, 5) is 26.9. The Balaban J connectivity index is 1.48. The van der Waals surface area contributed by atoms with Crippen molar-refractivity contribution in [1.82, 2.24) is 14.8 Å². The maximum atomic E-state index is 13.0. The van der Waals surface area contributed by atoms with Gasteiger partial charge in [0.1, 0.15) is 5.00 Å². The summed E-state index contributed by atoms with van der Waals surface area (Å²) in [5.41, 5.74) is 3.91. The highest BCUT2D eigenvalue weighted by molar-refractivity contribution is 7.99. The number of anilines is 1. The highest BCUT2D eigenvalue weighted by Crippen LogP contribution is 2.40. The number of aromatic nitrogens is 3. The standard InChI is InChI=1S/C28H36N4O3S2/c1-7-32-24(18-10-12-19(13-11-18)28(4,5)6)30-31-27(32)36-16-22(33)29-25-23(26(34)35-8-2)20-14-9-17(3)15-21(20)37-25/h10-13,17H,7-9,14-16H2,1-6H3,(H,29,33). The van der Waals surface area contributed by atoms with Crippen LogP contribution in [0.5, 0.6) is 0 Å². The maximum Gasteiger partial charge on any atom is 0.341 e. The lowest BCUT2D eigenvalue weighted by molar-refractivity contribution is -0.113. The van der Waals surface area contributed by atoms with Crippen LogP contribution in [0.4, 0.5) is 5.00 Å². The molecule has 1 N–H and O–H groups in total. The van der Waals surface area contributed by atoms with Crippen LogP contribution in [0.25, 0.3) is 11.4 Å². The molecular weight excluding hydrogens is 504 g/mol. The third-order valence-electron chi connectivity index (χ3n) is 6.62. The second kappa shape index (κ2) is 11.4. The lowest BCUT2D eigenvalue weighted by Crippen LogP contribution is -2.18. The molecule has 1 aromatic carbocycles. The average Bonchev–Trinajstić information content (AvgIpc) is 3.42. The third kappa shape index (κ3) is 6.09. The number of thioether (sulfide) groups is 1. The number of carbonyl (C=O) groups is 2. The number of benzene rings is 1. The van der Waals surface area contributed by atoms with E-state index in [1.54, 1.807) is 6.92 Å². The Morgan fingerprint density at radius 1 is 1.19 bits per heavy atom. The molecule has 4 rings (SSSR count). The number of hydrogen-bond donors (Lipinski definition) is 1. The van der Waals surface area contributed by atoms with E-state index in [0.717, 1.165) is 36.2 Å². The Morgan fingerprint density at radius 2 is 1.92 bits per heavy atom. The van der Waals surface area contributed by atoms with Crippen molar-refractivity contribution in [1.29, 1.82) is 0 Å². The largest absolute Gasteiger partial charge is 0.462 e. The molecule has 9 heteroatoms. The maximum absolute atomic E-state index is 13.0. The molecule has 0 fully saturated rings. The Morgan fingerprint density at radius 3 is 2.57 bits per heavy atom. The molecule has 0 bridgehead atoms. The van der Waals surface area contributed by atoms with Crippen LogP contribution in [-0.4, -0.2) is 39.0 Å². The van der Waals surface area contributed by atoms with E-state index in [-0.39, 0.29) is 23.0 Å². The number of esters is 1. The van der Waals surface area contributed by atoms with E-state index in [1.165, 1.54) is 33.5 Å². The summed E-state index contributed by atoms with van der Waals surface area (Å²) in [6.45, 7) is 13.6. The van der Waals surface area contributed by atoms with Gasteiger partial charge in [0.2, 0.25) is 5.91 Å². The smallest absolute Gasteiger partial charge is 0.341 e. The summed E-state index contributed by atoms with van der Waals surface area (Å²) in [6, 6.07) is 8.42.